The summed E-state index contributed by atoms with van der Waals surface area (Å²) < 4.78 is 103. The number of rotatable bonds is 3. The quantitative estimate of drug-likeness (QED) is 0.697. The minimum Gasteiger partial charge on any atom is -0.322 e. The summed E-state index contributed by atoms with van der Waals surface area (Å²) in [6.07, 6.45) is -9.76. The Labute approximate surface area is 167 Å². The molecule has 0 aliphatic carbocycles. The summed E-state index contributed by atoms with van der Waals surface area (Å²) in [5.41, 5.74) is -3.81. The Morgan fingerprint density at radius 3 is 2.03 bits per heavy atom. The van der Waals surface area contributed by atoms with E-state index in [9.17, 15) is 39.6 Å². The van der Waals surface area contributed by atoms with Crippen LogP contribution in [-0.2, 0) is 22.4 Å². The summed E-state index contributed by atoms with van der Waals surface area (Å²) in [4.78, 5) is 12.4. The summed E-state index contributed by atoms with van der Waals surface area (Å²) in [6, 6.07) is 6.05. The molecule has 1 heterocycles. The molecule has 1 saturated heterocycles. The van der Waals surface area contributed by atoms with E-state index in [2.05, 4.69) is 5.32 Å². The lowest BCUT2D eigenvalue weighted by atomic mass is 10.0. The fourth-order valence-corrected chi connectivity index (χ4v) is 4.51. The van der Waals surface area contributed by atoms with E-state index in [0.29, 0.717) is 18.6 Å². The van der Waals surface area contributed by atoms with Crippen molar-refractivity contribution in [2.75, 3.05) is 21.9 Å². The molecule has 1 N–H and O–H groups in total. The molecule has 0 unspecified atom stereocenters. The molecule has 0 saturated carbocycles. The summed E-state index contributed by atoms with van der Waals surface area (Å²) in [7, 11) is -3.51. The second kappa shape index (κ2) is 7.49. The van der Waals surface area contributed by atoms with Crippen molar-refractivity contribution in [2.45, 2.75) is 18.8 Å². The molecule has 1 fully saturated rings. The zero-order chi connectivity index (χ0) is 22.3. The third-order valence-corrected chi connectivity index (χ3v) is 6.21. The lowest BCUT2D eigenvalue weighted by Gasteiger charge is -2.18. The molecule has 30 heavy (non-hydrogen) atoms. The Morgan fingerprint density at radius 1 is 0.933 bits per heavy atom. The zero-order valence-electron chi connectivity index (χ0n) is 15.0. The summed E-state index contributed by atoms with van der Waals surface area (Å²) in [6.45, 7) is 0.225. The molecule has 1 aliphatic rings. The maximum atomic E-state index is 13.0. The van der Waals surface area contributed by atoms with Crippen molar-refractivity contribution in [1.29, 1.82) is 0 Å². The highest BCUT2D eigenvalue weighted by atomic mass is 32.2. The van der Waals surface area contributed by atoms with Crippen LogP contribution < -0.4 is 9.62 Å². The van der Waals surface area contributed by atoms with Gasteiger partial charge >= 0.3 is 12.4 Å². The van der Waals surface area contributed by atoms with E-state index in [1.807, 2.05) is 0 Å². The molecule has 2 aromatic carbocycles. The number of benzene rings is 2. The SMILES string of the molecule is O=C(Nc1cccc(N2CCCS2(=O)=O)c1)c1cc(C(F)(F)F)cc(C(F)(F)F)c1. The van der Waals surface area contributed by atoms with Gasteiger partial charge in [-0.25, -0.2) is 8.42 Å². The van der Waals surface area contributed by atoms with Crippen molar-refractivity contribution >= 4 is 27.3 Å². The van der Waals surface area contributed by atoms with Crippen LogP contribution in [0.15, 0.2) is 42.5 Å². The monoisotopic (exact) mass is 452 g/mol. The van der Waals surface area contributed by atoms with Gasteiger partial charge in [-0.2, -0.15) is 26.3 Å². The number of anilines is 2. The number of sulfonamides is 1. The van der Waals surface area contributed by atoms with E-state index in [1.165, 1.54) is 24.3 Å². The van der Waals surface area contributed by atoms with Gasteiger partial charge in [0.2, 0.25) is 10.0 Å². The fraction of sp³-hybridized carbons (Fsp3) is 0.278. The Balaban J connectivity index is 1.92. The second-order valence-corrected chi connectivity index (χ2v) is 8.55. The predicted octanol–water partition coefficient (Wildman–Crippen LogP) is 4.52. The molecular weight excluding hydrogens is 438 g/mol. The number of halogens is 6. The van der Waals surface area contributed by atoms with Crippen LogP contribution in [-0.4, -0.2) is 26.6 Å². The molecule has 1 aliphatic heterocycles. The smallest absolute Gasteiger partial charge is 0.322 e. The van der Waals surface area contributed by atoms with Crippen molar-refractivity contribution in [1.82, 2.24) is 0 Å². The van der Waals surface area contributed by atoms with Crippen molar-refractivity contribution in [3.8, 4) is 0 Å². The van der Waals surface area contributed by atoms with Gasteiger partial charge < -0.3 is 5.32 Å². The molecule has 0 bridgehead atoms. The summed E-state index contributed by atoms with van der Waals surface area (Å²) in [5.74, 6) is -1.25. The highest BCUT2D eigenvalue weighted by Gasteiger charge is 2.37. The van der Waals surface area contributed by atoms with E-state index >= 15 is 0 Å². The van der Waals surface area contributed by atoms with Crippen molar-refractivity contribution < 1.29 is 39.6 Å². The lowest BCUT2D eigenvalue weighted by Crippen LogP contribution is -2.25. The molecule has 0 radical (unpaired) electrons. The van der Waals surface area contributed by atoms with Crippen LogP contribution >= 0.6 is 0 Å². The predicted molar refractivity (Wildman–Crippen MR) is 96.6 cm³/mol. The number of hydrogen-bond acceptors (Lipinski definition) is 3. The fourth-order valence-electron chi connectivity index (χ4n) is 2.96. The minimum absolute atomic E-state index is 0.0190. The molecule has 0 atom stereocenters. The van der Waals surface area contributed by atoms with Gasteiger partial charge in [0.15, 0.2) is 0 Å². The normalized spacial score (nSPS) is 16.5. The van der Waals surface area contributed by atoms with Gasteiger partial charge in [-0.15, -0.1) is 0 Å². The van der Waals surface area contributed by atoms with Crippen LogP contribution in [0.5, 0.6) is 0 Å². The number of hydrogen-bond donors (Lipinski definition) is 1. The first-order valence-corrected chi connectivity index (χ1v) is 10.1. The number of nitrogens with one attached hydrogen (secondary N) is 1. The largest absolute Gasteiger partial charge is 0.416 e. The van der Waals surface area contributed by atoms with E-state index in [0.717, 1.165) is 4.31 Å². The minimum atomic E-state index is -5.08. The second-order valence-electron chi connectivity index (χ2n) is 6.54. The summed E-state index contributed by atoms with van der Waals surface area (Å²) in [5, 5.41) is 2.21. The molecule has 12 heteroatoms. The van der Waals surface area contributed by atoms with Crippen LogP contribution in [0.3, 0.4) is 0 Å². The molecule has 0 aromatic heterocycles. The Bertz CT molecular complexity index is 1050. The molecule has 1 amide bonds. The van der Waals surface area contributed by atoms with E-state index in [1.54, 1.807) is 0 Å². The van der Waals surface area contributed by atoms with Gasteiger partial charge in [0.25, 0.3) is 5.91 Å². The molecule has 2 aromatic rings. The zero-order valence-corrected chi connectivity index (χ0v) is 15.8. The van der Waals surface area contributed by atoms with Gasteiger partial charge in [0, 0.05) is 17.8 Å². The first-order valence-electron chi connectivity index (χ1n) is 8.49. The van der Waals surface area contributed by atoms with Crippen molar-refractivity contribution in [3.05, 3.63) is 59.2 Å². The number of nitrogens with zero attached hydrogens (tertiary/aromatic N) is 1. The van der Waals surface area contributed by atoms with E-state index in [4.69, 9.17) is 0 Å². The topological polar surface area (TPSA) is 66.5 Å². The van der Waals surface area contributed by atoms with E-state index in [-0.39, 0.29) is 29.7 Å². The number of alkyl halides is 6. The average Bonchev–Trinajstić information content (AvgIpc) is 2.99. The highest BCUT2D eigenvalue weighted by Crippen LogP contribution is 2.36. The van der Waals surface area contributed by atoms with Crippen LogP contribution in [0.1, 0.15) is 27.9 Å². The van der Waals surface area contributed by atoms with Gasteiger partial charge in [-0.05, 0) is 42.8 Å². The molecule has 5 nitrogen and oxygen atoms in total. The molecule has 3 rings (SSSR count). The maximum absolute atomic E-state index is 13.0. The highest BCUT2D eigenvalue weighted by molar-refractivity contribution is 7.93. The van der Waals surface area contributed by atoms with E-state index < -0.39 is 45.0 Å². The van der Waals surface area contributed by atoms with Crippen molar-refractivity contribution in [2.24, 2.45) is 0 Å². The van der Waals surface area contributed by atoms with Crippen LogP contribution in [0.2, 0.25) is 0 Å². The third kappa shape index (κ3) is 4.69. The van der Waals surface area contributed by atoms with Gasteiger partial charge in [-0.3, -0.25) is 9.10 Å². The Hall–Kier alpha value is -2.76. The maximum Gasteiger partial charge on any atom is 0.416 e. The van der Waals surface area contributed by atoms with Gasteiger partial charge in [0.05, 0.1) is 22.6 Å². The van der Waals surface area contributed by atoms with Crippen LogP contribution in [0.25, 0.3) is 0 Å². The Morgan fingerprint density at radius 2 is 1.53 bits per heavy atom. The average molecular weight is 452 g/mol. The molecule has 0 spiro atoms. The van der Waals surface area contributed by atoms with Gasteiger partial charge in [-0.1, -0.05) is 6.07 Å². The van der Waals surface area contributed by atoms with Crippen molar-refractivity contribution in [3.63, 3.8) is 0 Å². The number of carbonyl (C=O) groups is 1. The number of amides is 1. The first kappa shape index (κ1) is 21.9. The first-order chi connectivity index (χ1) is 13.8. The van der Waals surface area contributed by atoms with Crippen LogP contribution in [0, 0.1) is 0 Å². The lowest BCUT2D eigenvalue weighted by molar-refractivity contribution is -0.143. The number of carbonyl (C=O) groups excluding carboxylic acids is 1. The molecular formula is C18H14F6N2O3S. The Kier molecular flexibility index (Phi) is 5.48. The third-order valence-electron chi connectivity index (χ3n) is 4.34. The standard InChI is InChI=1S/C18H14F6N2O3S/c19-17(20,21)12-7-11(8-13(9-12)18(22,23)24)16(27)25-14-3-1-4-15(10-14)26-5-2-6-30(26,28)29/h1,3-4,7-10H,2,5-6H2,(H,25,27). The van der Waals surface area contributed by atoms with Gasteiger partial charge in [0.1, 0.15) is 0 Å². The van der Waals surface area contributed by atoms with Crippen LogP contribution in [0.4, 0.5) is 37.7 Å². The summed E-state index contributed by atoms with van der Waals surface area (Å²) >= 11 is 0. The molecule has 162 valence electrons.